The number of alkyl halides is 1. The van der Waals surface area contributed by atoms with Crippen LogP contribution in [0, 0.1) is 11.2 Å². The molecule has 0 atom stereocenters. The molecule has 2 nitrogen and oxygen atoms in total. The first-order valence-corrected chi connectivity index (χ1v) is 7.92. The number of piperazine rings is 1. The van der Waals surface area contributed by atoms with E-state index in [4.69, 9.17) is 0 Å². The van der Waals surface area contributed by atoms with Crippen LogP contribution in [0.1, 0.15) is 13.8 Å². The van der Waals surface area contributed by atoms with Gasteiger partial charge in [0.2, 0.25) is 0 Å². The molecular weight excluding hydrogens is 307 g/mol. The van der Waals surface area contributed by atoms with Gasteiger partial charge in [-0.25, -0.2) is 4.39 Å². The molecule has 1 aromatic carbocycles. The molecular formula is C15H22BrFN2. The third kappa shape index (κ3) is 3.93. The van der Waals surface area contributed by atoms with Gasteiger partial charge in [-0.3, -0.25) is 4.90 Å². The van der Waals surface area contributed by atoms with Gasteiger partial charge in [0.05, 0.1) is 5.69 Å². The van der Waals surface area contributed by atoms with E-state index in [9.17, 15) is 4.39 Å². The van der Waals surface area contributed by atoms with Crippen molar-refractivity contribution in [2.75, 3.05) is 43.0 Å². The predicted octanol–water partition coefficient (Wildman–Crippen LogP) is 3.37. The van der Waals surface area contributed by atoms with Crippen LogP contribution < -0.4 is 4.90 Å². The van der Waals surface area contributed by atoms with Crippen LogP contribution in [0.4, 0.5) is 10.1 Å². The SMILES string of the molecule is CC(C)(CBr)CN1CCN(c2ccccc2F)CC1. The second-order valence-electron chi connectivity index (χ2n) is 6.01. The molecule has 1 aromatic rings. The lowest BCUT2D eigenvalue weighted by atomic mass is 9.95. The molecule has 0 amide bonds. The van der Waals surface area contributed by atoms with Gasteiger partial charge in [-0.05, 0) is 17.5 Å². The van der Waals surface area contributed by atoms with E-state index in [0.29, 0.717) is 5.41 Å². The van der Waals surface area contributed by atoms with Crippen molar-refractivity contribution in [3.8, 4) is 0 Å². The van der Waals surface area contributed by atoms with Gasteiger partial charge in [0, 0.05) is 38.1 Å². The van der Waals surface area contributed by atoms with E-state index in [0.717, 1.165) is 43.7 Å². The molecule has 106 valence electrons. The first kappa shape index (κ1) is 14.8. The van der Waals surface area contributed by atoms with Crippen molar-refractivity contribution >= 4 is 21.6 Å². The molecule has 0 spiro atoms. The summed E-state index contributed by atoms with van der Waals surface area (Å²) in [6.07, 6.45) is 0. The minimum atomic E-state index is -0.114. The highest BCUT2D eigenvalue weighted by Gasteiger charge is 2.24. The fourth-order valence-electron chi connectivity index (χ4n) is 2.50. The smallest absolute Gasteiger partial charge is 0.146 e. The van der Waals surface area contributed by atoms with Crippen LogP contribution in [0.3, 0.4) is 0 Å². The molecule has 1 heterocycles. The highest BCUT2D eigenvalue weighted by atomic mass is 79.9. The molecule has 0 radical (unpaired) electrons. The van der Waals surface area contributed by atoms with Crippen LogP contribution >= 0.6 is 15.9 Å². The first-order valence-electron chi connectivity index (χ1n) is 6.80. The van der Waals surface area contributed by atoms with Gasteiger partial charge in [0.1, 0.15) is 5.82 Å². The van der Waals surface area contributed by atoms with E-state index in [1.165, 1.54) is 6.07 Å². The van der Waals surface area contributed by atoms with Gasteiger partial charge in [0.15, 0.2) is 0 Å². The van der Waals surface area contributed by atoms with Crippen LogP contribution in [-0.4, -0.2) is 43.0 Å². The Morgan fingerprint density at radius 2 is 1.79 bits per heavy atom. The number of benzene rings is 1. The van der Waals surface area contributed by atoms with Crippen molar-refractivity contribution in [2.24, 2.45) is 5.41 Å². The Morgan fingerprint density at radius 1 is 1.16 bits per heavy atom. The van der Waals surface area contributed by atoms with Gasteiger partial charge in [-0.2, -0.15) is 0 Å². The van der Waals surface area contributed by atoms with Crippen LogP contribution in [-0.2, 0) is 0 Å². The number of para-hydroxylation sites is 1. The third-order valence-electron chi connectivity index (χ3n) is 3.58. The molecule has 0 aliphatic carbocycles. The lowest BCUT2D eigenvalue weighted by Gasteiger charge is -2.39. The third-order valence-corrected chi connectivity index (χ3v) is 5.10. The summed E-state index contributed by atoms with van der Waals surface area (Å²) in [7, 11) is 0. The Bertz CT molecular complexity index is 414. The number of nitrogens with zero attached hydrogens (tertiary/aromatic N) is 2. The summed E-state index contributed by atoms with van der Waals surface area (Å²) in [5.41, 5.74) is 1.03. The molecule has 0 aromatic heterocycles. The Labute approximate surface area is 123 Å². The average Bonchev–Trinajstić information content (AvgIpc) is 2.40. The maximum atomic E-state index is 13.7. The standard InChI is InChI=1S/C15H22BrFN2/c1-15(2,11-16)12-18-7-9-19(10-8-18)14-6-4-3-5-13(14)17/h3-6H,7-12H2,1-2H3. The van der Waals surface area contributed by atoms with Gasteiger partial charge in [-0.15, -0.1) is 0 Å². The summed E-state index contributed by atoms with van der Waals surface area (Å²) < 4.78 is 13.7. The lowest BCUT2D eigenvalue weighted by molar-refractivity contribution is 0.186. The number of anilines is 1. The number of hydrogen-bond donors (Lipinski definition) is 0. The van der Waals surface area contributed by atoms with Gasteiger partial charge >= 0.3 is 0 Å². The van der Waals surface area contributed by atoms with Gasteiger partial charge in [0.25, 0.3) is 0 Å². The minimum Gasteiger partial charge on any atom is -0.367 e. The zero-order valence-electron chi connectivity index (χ0n) is 11.7. The predicted molar refractivity (Wildman–Crippen MR) is 82.6 cm³/mol. The van der Waals surface area contributed by atoms with Crippen molar-refractivity contribution in [1.82, 2.24) is 4.90 Å². The fraction of sp³-hybridized carbons (Fsp3) is 0.600. The van der Waals surface area contributed by atoms with E-state index in [1.807, 2.05) is 12.1 Å². The van der Waals surface area contributed by atoms with Crippen molar-refractivity contribution in [3.05, 3.63) is 30.1 Å². The molecule has 0 N–H and O–H groups in total. The zero-order valence-corrected chi connectivity index (χ0v) is 13.3. The highest BCUT2D eigenvalue weighted by Crippen LogP contribution is 2.23. The highest BCUT2D eigenvalue weighted by molar-refractivity contribution is 9.09. The molecule has 2 rings (SSSR count). The zero-order chi connectivity index (χ0) is 13.9. The molecule has 0 unspecified atom stereocenters. The fourth-order valence-corrected chi connectivity index (χ4v) is 2.68. The summed E-state index contributed by atoms with van der Waals surface area (Å²) in [5.74, 6) is -0.114. The molecule has 0 bridgehead atoms. The van der Waals surface area contributed by atoms with E-state index < -0.39 is 0 Å². The van der Waals surface area contributed by atoms with E-state index in [1.54, 1.807) is 6.07 Å². The minimum absolute atomic E-state index is 0.114. The quantitative estimate of drug-likeness (QED) is 0.782. The summed E-state index contributed by atoms with van der Waals surface area (Å²) in [6, 6.07) is 7.05. The Balaban J connectivity index is 1.91. The van der Waals surface area contributed by atoms with Gasteiger partial charge in [-0.1, -0.05) is 41.9 Å². The van der Waals surface area contributed by atoms with Crippen molar-refractivity contribution in [3.63, 3.8) is 0 Å². The van der Waals surface area contributed by atoms with Crippen LogP contribution in [0.2, 0.25) is 0 Å². The summed E-state index contributed by atoms with van der Waals surface area (Å²) in [6.45, 7) is 9.44. The molecule has 1 fully saturated rings. The second-order valence-corrected chi connectivity index (χ2v) is 6.57. The summed E-state index contributed by atoms with van der Waals surface area (Å²) >= 11 is 3.57. The Morgan fingerprint density at radius 3 is 2.37 bits per heavy atom. The van der Waals surface area contributed by atoms with Crippen molar-refractivity contribution in [1.29, 1.82) is 0 Å². The molecule has 0 saturated carbocycles. The maximum Gasteiger partial charge on any atom is 0.146 e. The molecule has 1 aliphatic heterocycles. The maximum absolute atomic E-state index is 13.7. The molecule has 19 heavy (non-hydrogen) atoms. The lowest BCUT2D eigenvalue weighted by Crippen LogP contribution is -2.49. The summed E-state index contributed by atoms with van der Waals surface area (Å²) in [5, 5.41) is 1.01. The second kappa shape index (κ2) is 6.23. The normalized spacial score (nSPS) is 17.8. The molecule has 1 saturated heterocycles. The number of hydrogen-bond acceptors (Lipinski definition) is 2. The van der Waals surface area contributed by atoms with Crippen molar-refractivity contribution in [2.45, 2.75) is 13.8 Å². The Hall–Kier alpha value is -0.610. The molecule has 1 aliphatic rings. The van der Waals surface area contributed by atoms with Crippen LogP contribution in [0.25, 0.3) is 0 Å². The van der Waals surface area contributed by atoms with Gasteiger partial charge < -0.3 is 4.90 Å². The Kier molecular flexibility index (Phi) is 4.85. The average molecular weight is 329 g/mol. The largest absolute Gasteiger partial charge is 0.367 e. The monoisotopic (exact) mass is 328 g/mol. The topological polar surface area (TPSA) is 6.48 Å². The summed E-state index contributed by atoms with van der Waals surface area (Å²) in [4.78, 5) is 4.62. The van der Waals surface area contributed by atoms with Crippen molar-refractivity contribution < 1.29 is 4.39 Å². The van der Waals surface area contributed by atoms with E-state index in [2.05, 4.69) is 39.6 Å². The van der Waals surface area contributed by atoms with E-state index >= 15 is 0 Å². The van der Waals surface area contributed by atoms with Crippen LogP contribution in [0.15, 0.2) is 24.3 Å². The van der Waals surface area contributed by atoms with Crippen LogP contribution in [0.5, 0.6) is 0 Å². The van der Waals surface area contributed by atoms with E-state index in [-0.39, 0.29) is 5.82 Å². The first-order chi connectivity index (χ1) is 9.02. The number of rotatable bonds is 4. The number of halogens is 2. The molecule has 4 heteroatoms.